The first kappa shape index (κ1) is 16.1. The van der Waals surface area contributed by atoms with Gasteiger partial charge >= 0.3 is 0 Å². The fourth-order valence-electron chi connectivity index (χ4n) is 2.57. The molecule has 1 aromatic heterocycles. The highest BCUT2D eigenvalue weighted by Crippen LogP contribution is 2.19. The van der Waals surface area contributed by atoms with Gasteiger partial charge in [0, 0.05) is 48.0 Å². The lowest BCUT2D eigenvalue weighted by Crippen LogP contribution is -2.51. The Labute approximate surface area is 145 Å². The molecule has 5 nitrogen and oxygen atoms in total. The van der Waals surface area contributed by atoms with Crippen LogP contribution in [-0.4, -0.2) is 42.0 Å². The van der Waals surface area contributed by atoms with Gasteiger partial charge in [-0.15, -0.1) is 11.3 Å². The van der Waals surface area contributed by atoms with Gasteiger partial charge in [0.2, 0.25) is 0 Å². The second kappa shape index (κ2) is 7.19. The molecule has 0 aliphatic carbocycles. The summed E-state index contributed by atoms with van der Waals surface area (Å²) in [5.41, 5.74) is 8.36. The fraction of sp³-hybridized carbons (Fsp3) is 0.375. The first-order valence-corrected chi connectivity index (χ1v) is 8.84. The van der Waals surface area contributed by atoms with E-state index >= 15 is 0 Å². The van der Waals surface area contributed by atoms with Crippen LogP contribution in [0.5, 0.6) is 0 Å². The number of halogens is 1. The molecule has 0 bridgehead atoms. The molecule has 1 aromatic carbocycles. The minimum Gasteiger partial charge on any atom is -0.370 e. The number of aliphatic imine (C=N–C) groups is 1. The number of guanidine groups is 1. The molecule has 0 spiro atoms. The molecule has 1 fully saturated rings. The number of nitrogens with zero attached hydrogens (tertiary/aromatic N) is 4. The van der Waals surface area contributed by atoms with Gasteiger partial charge in [0.15, 0.2) is 5.96 Å². The Hall–Kier alpha value is -1.79. The second-order valence-corrected chi connectivity index (χ2v) is 6.89. The maximum absolute atomic E-state index is 6.12. The summed E-state index contributed by atoms with van der Waals surface area (Å²) in [6.07, 6.45) is 0. The SMILES string of the molecule is Cc1csc(CN=C(N)N2CCN(c3ccc(Cl)cc3)CC2)n1. The lowest BCUT2D eigenvalue weighted by atomic mass is 10.2. The monoisotopic (exact) mass is 349 g/mol. The predicted octanol–water partition coefficient (Wildman–Crippen LogP) is 2.74. The van der Waals surface area contributed by atoms with E-state index in [1.165, 1.54) is 5.69 Å². The van der Waals surface area contributed by atoms with Gasteiger partial charge in [-0.25, -0.2) is 9.98 Å². The third-order valence-electron chi connectivity index (χ3n) is 3.84. The van der Waals surface area contributed by atoms with Gasteiger partial charge in [-0.2, -0.15) is 0 Å². The number of thiazole rings is 1. The minimum atomic E-state index is 0.557. The van der Waals surface area contributed by atoms with Crippen LogP contribution < -0.4 is 10.6 Å². The Kier molecular flexibility index (Phi) is 5.03. The molecular weight excluding hydrogens is 330 g/mol. The van der Waals surface area contributed by atoms with Gasteiger partial charge < -0.3 is 15.5 Å². The number of aryl methyl sites for hydroxylation is 1. The van der Waals surface area contributed by atoms with Gasteiger partial charge in [0.25, 0.3) is 0 Å². The van der Waals surface area contributed by atoms with Crippen LogP contribution in [-0.2, 0) is 6.54 Å². The zero-order valence-corrected chi connectivity index (χ0v) is 14.6. The fourth-order valence-corrected chi connectivity index (χ4v) is 3.39. The van der Waals surface area contributed by atoms with E-state index in [1.807, 2.05) is 24.4 Å². The lowest BCUT2D eigenvalue weighted by Gasteiger charge is -2.36. The molecule has 0 radical (unpaired) electrons. The van der Waals surface area contributed by atoms with Crippen LogP contribution in [0.2, 0.25) is 5.02 Å². The van der Waals surface area contributed by atoms with Crippen molar-refractivity contribution in [3.63, 3.8) is 0 Å². The Morgan fingerprint density at radius 3 is 2.57 bits per heavy atom. The molecule has 1 saturated heterocycles. The molecule has 3 rings (SSSR count). The predicted molar refractivity (Wildman–Crippen MR) is 97.4 cm³/mol. The summed E-state index contributed by atoms with van der Waals surface area (Å²) in [5, 5.41) is 3.80. The van der Waals surface area contributed by atoms with Crippen LogP contribution in [0, 0.1) is 6.92 Å². The van der Waals surface area contributed by atoms with Crippen molar-refractivity contribution in [3.8, 4) is 0 Å². The van der Waals surface area contributed by atoms with Crippen molar-refractivity contribution in [2.45, 2.75) is 13.5 Å². The van der Waals surface area contributed by atoms with Crippen molar-refractivity contribution in [2.24, 2.45) is 10.7 Å². The number of piperazine rings is 1. The average Bonchev–Trinajstić information content (AvgIpc) is 2.99. The Balaban J connectivity index is 1.54. The summed E-state index contributed by atoms with van der Waals surface area (Å²) in [6.45, 7) is 6.14. The van der Waals surface area contributed by atoms with Gasteiger partial charge in [-0.05, 0) is 31.2 Å². The molecule has 0 unspecified atom stereocenters. The van der Waals surface area contributed by atoms with Crippen molar-refractivity contribution < 1.29 is 0 Å². The molecule has 1 aliphatic heterocycles. The molecule has 2 aromatic rings. The van der Waals surface area contributed by atoms with Crippen molar-refractivity contribution in [3.05, 3.63) is 45.4 Å². The molecule has 122 valence electrons. The van der Waals surface area contributed by atoms with E-state index in [9.17, 15) is 0 Å². The first-order chi connectivity index (χ1) is 11.1. The van der Waals surface area contributed by atoms with Gasteiger partial charge in [0.1, 0.15) is 5.01 Å². The maximum Gasteiger partial charge on any atom is 0.191 e. The van der Waals surface area contributed by atoms with Gasteiger partial charge in [-0.3, -0.25) is 0 Å². The van der Waals surface area contributed by atoms with Crippen LogP contribution in [0.3, 0.4) is 0 Å². The standard InChI is InChI=1S/C16H20ClN5S/c1-12-11-23-15(20-12)10-19-16(18)22-8-6-21(7-9-22)14-4-2-13(17)3-5-14/h2-5,11H,6-10H2,1H3,(H2,18,19). The number of hydrogen-bond donors (Lipinski definition) is 1. The van der Waals surface area contributed by atoms with Crippen molar-refractivity contribution in [1.82, 2.24) is 9.88 Å². The molecule has 2 N–H and O–H groups in total. The van der Waals surface area contributed by atoms with Crippen LogP contribution in [0.25, 0.3) is 0 Å². The maximum atomic E-state index is 6.12. The first-order valence-electron chi connectivity index (χ1n) is 7.58. The third-order valence-corrected chi connectivity index (χ3v) is 5.04. The normalized spacial score (nSPS) is 16.0. The summed E-state index contributed by atoms with van der Waals surface area (Å²) in [7, 11) is 0. The molecule has 0 atom stereocenters. The average molecular weight is 350 g/mol. The topological polar surface area (TPSA) is 57.8 Å². The van der Waals surface area contributed by atoms with Crippen molar-refractivity contribution >= 4 is 34.6 Å². The molecule has 0 saturated carbocycles. The van der Waals surface area contributed by atoms with E-state index in [2.05, 4.69) is 31.9 Å². The van der Waals surface area contributed by atoms with Gasteiger partial charge in [-0.1, -0.05) is 11.6 Å². The van der Waals surface area contributed by atoms with E-state index in [0.717, 1.165) is 41.9 Å². The van der Waals surface area contributed by atoms with Gasteiger partial charge in [0.05, 0.1) is 6.54 Å². The highest BCUT2D eigenvalue weighted by molar-refractivity contribution is 7.09. The Morgan fingerprint density at radius 1 is 1.26 bits per heavy atom. The number of nitrogens with two attached hydrogens (primary N) is 1. The number of aromatic nitrogens is 1. The zero-order chi connectivity index (χ0) is 16.2. The molecule has 0 amide bonds. The highest BCUT2D eigenvalue weighted by Gasteiger charge is 2.18. The third kappa shape index (κ3) is 4.14. The van der Waals surface area contributed by atoms with E-state index in [-0.39, 0.29) is 0 Å². The van der Waals surface area contributed by atoms with Crippen molar-refractivity contribution in [2.75, 3.05) is 31.1 Å². The molecule has 23 heavy (non-hydrogen) atoms. The van der Waals surface area contributed by atoms with Crippen LogP contribution >= 0.6 is 22.9 Å². The lowest BCUT2D eigenvalue weighted by molar-refractivity contribution is 0.380. The molecular formula is C16H20ClN5S. The van der Waals surface area contributed by atoms with Crippen LogP contribution in [0.15, 0.2) is 34.6 Å². The largest absolute Gasteiger partial charge is 0.370 e. The quantitative estimate of drug-likeness (QED) is 0.683. The summed E-state index contributed by atoms with van der Waals surface area (Å²) in [5.74, 6) is 0.605. The Bertz CT molecular complexity index is 674. The summed E-state index contributed by atoms with van der Waals surface area (Å²) in [4.78, 5) is 13.3. The minimum absolute atomic E-state index is 0.557. The van der Waals surface area contributed by atoms with E-state index in [4.69, 9.17) is 17.3 Å². The van der Waals surface area contributed by atoms with E-state index in [1.54, 1.807) is 11.3 Å². The second-order valence-electron chi connectivity index (χ2n) is 5.51. The zero-order valence-electron chi connectivity index (χ0n) is 13.1. The summed E-state index contributed by atoms with van der Waals surface area (Å²) >= 11 is 7.56. The van der Waals surface area contributed by atoms with Crippen molar-refractivity contribution in [1.29, 1.82) is 0 Å². The van der Waals surface area contributed by atoms with Crippen LogP contribution in [0.1, 0.15) is 10.7 Å². The Morgan fingerprint density at radius 2 is 1.96 bits per heavy atom. The van der Waals surface area contributed by atoms with Crippen LogP contribution in [0.4, 0.5) is 5.69 Å². The molecule has 7 heteroatoms. The number of anilines is 1. The van der Waals surface area contributed by atoms with E-state index in [0.29, 0.717) is 12.5 Å². The molecule has 2 heterocycles. The highest BCUT2D eigenvalue weighted by atomic mass is 35.5. The number of benzene rings is 1. The van der Waals surface area contributed by atoms with E-state index < -0.39 is 0 Å². The summed E-state index contributed by atoms with van der Waals surface area (Å²) < 4.78 is 0. The molecule has 1 aliphatic rings. The smallest absolute Gasteiger partial charge is 0.191 e. The number of rotatable bonds is 3. The number of hydrogen-bond acceptors (Lipinski definition) is 4. The summed E-state index contributed by atoms with van der Waals surface area (Å²) in [6, 6.07) is 7.96.